The van der Waals surface area contributed by atoms with Gasteiger partial charge in [0.2, 0.25) is 17.3 Å². The van der Waals surface area contributed by atoms with E-state index in [0.717, 1.165) is 11.4 Å². The van der Waals surface area contributed by atoms with Crippen molar-refractivity contribution in [1.29, 1.82) is 0 Å². The number of rotatable bonds is 6. The highest BCUT2D eigenvalue weighted by Crippen LogP contribution is 2.30. The number of hydrogen-bond donors (Lipinski definition) is 2. The summed E-state index contributed by atoms with van der Waals surface area (Å²) in [6.07, 6.45) is 2.70. The van der Waals surface area contributed by atoms with Crippen molar-refractivity contribution in [1.82, 2.24) is 15.8 Å². The van der Waals surface area contributed by atoms with Gasteiger partial charge < -0.3 is 15.2 Å². The van der Waals surface area contributed by atoms with Gasteiger partial charge in [0, 0.05) is 20.2 Å². The van der Waals surface area contributed by atoms with E-state index in [4.69, 9.17) is 16.7 Å². The molecule has 0 unspecified atom stereocenters. The van der Waals surface area contributed by atoms with E-state index in [2.05, 4.69) is 15.8 Å². The smallest absolute Gasteiger partial charge is 0.274 e. The van der Waals surface area contributed by atoms with Crippen molar-refractivity contribution in [2.75, 3.05) is 19.8 Å². The Kier molecular flexibility index (Phi) is 5.67. The van der Waals surface area contributed by atoms with Gasteiger partial charge >= 0.3 is 0 Å². The molecule has 1 aromatic rings. The molecule has 0 saturated carbocycles. The Labute approximate surface area is 142 Å². The van der Waals surface area contributed by atoms with E-state index in [-0.39, 0.29) is 21.9 Å². The Morgan fingerprint density at radius 1 is 1.35 bits per heavy atom. The second kappa shape index (κ2) is 7.51. The lowest BCUT2D eigenvalue weighted by Crippen LogP contribution is -2.23. The molecule has 1 aliphatic rings. The fourth-order valence-corrected chi connectivity index (χ4v) is 3.04. The molecule has 1 aliphatic carbocycles. The standard InChI is InChI=1S/C14H15N3O4S2/c1-15-9(22)4-3-5-23-8-6-7(18)13-10(12(8)19)11(17-21-13)14(20)16-2/h6H,3-5H2,1-2H3,(H,15,22)(H,16,20). The van der Waals surface area contributed by atoms with Crippen molar-refractivity contribution in [3.8, 4) is 0 Å². The largest absolute Gasteiger partial charge is 0.383 e. The Morgan fingerprint density at radius 3 is 2.74 bits per heavy atom. The summed E-state index contributed by atoms with van der Waals surface area (Å²) in [6, 6.07) is 0. The molecule has 0 saturated heterocycles. The minimum atomic E-state index is -0.568. The van der Waals surface area contributed by atoms with Crippen molar-refractivity contribution in [3.63, 3.8) is 0 Å². The summed E-state index contributed by atoms with van der Waals surface area (Å²) >= 11 is 6.30. The number of thiocarbonyl (C=S) groups is 1. The van der Waals surface area contributed by atoms with Gasteiger partial charge in [0.1, 0.15) is 5.56 Å². The quantitative estimate of drug-likeness (QED) is 0.584. The summed E-state index contributed by atoms with van der Waals surface area (Å²) < 4.78 is 4.85. The van der Waals surface area contributed by atoms with Gasteiger partial charge in [0.15, 0.2) is 5.69 Å². The number of aromatic nitrogens is 1. The predicted octanol–water partition coefficient (Wildman–Crippen LogP) is 1.36. The van der Waals surface area contributed by atoms with Crippen LogP contribution in [0.5, 0.6) is 0 Å². The van der Waals surface area contributed by atoms with Crippen molar-refractivity contribution in [2.45, 2.75) is 12.8 Å². The molecule has 1 amide bonds. The minimum absolute atomic E-state index is 0.0647. The molecular weight excluding hydrogens is 338 g/mol. The molecule has 0 radical (unpaired) electrons. The number of allylic oxidation sites excluding steroid dienone is 2. The number of nitrogens with one attached hydrogen (secondary N) is 2. The maximum Gasteiger partial charge on any atom is 0.274 e. The van der Waals surface area contributed by atoms with Crippen molar-refractivity contribution < 1.29 is 18.9 Å². The Balaban J connectivity index is 2.11. The highest BCUT2D eigenvalue weighted by Gasteiger charge is 2.35. The maximum atomic E-state index is 12.5. The molecule has 0 atom stereocenters. The Morgan fingerprint density at radius 2 is 2.09 bits per heavy atom. The zero-order valence-corrected chi connectivity index (χ0v) is 14.2. The molecule has 1 aromatic heterocycles. The number of amides is 1. The van der Waals surface area contributed by atoms with Crippen LogP contribution in [0.4, 0.5) is 0 Å². The number of ketones is 2. The second-order valence-electron chi connectivity index (χ2n) is 4.64. The summed E-state index contributed by atoms with van der Waals surface area (Å²) in [5.74, 6) is -1.00. The normalized spacial score (nSPS) is 13.4. The fourth-order valence-electron chi connectivity index (χ4n) is 1.96. The molecule has 0 aromatic carbocycles. The van der Waals surface area contributed by atoms with Crippen LogP contribution in [0.2, 0.25) is 0 Å². The van der Waals surface area contributed by atoms with Crippen molar-refractivity contribution >= 4 is 46.4 Å². The van der Waals surface area contributed by atoms with Crippen LogP contribution in [0.1, 0.15) is 44.2 Å². The van der Waals surface area contributed by atoms with Crippen LogP contribution in [-0.2, 0) is 0 Å². The topological polar surface area (TPSA) is 101 Å². The lowest BCUT2D eigenvalue weighted by atomic mass is 10.00. The van der Waals surface area contributed by atoms with Gasteiger partial charge in [0.05, 0.1) is 9.89 Å². The van der Waals surface area contributed by atoms with E-state index >= 15 is 0 Å². The van der Waals surface area contributed by atoms with Gasteiger partial charge in [-0.25, -0.2) is 0 Å². The van der Waals surface area contributed by atoms with Crippen LogP contribution >= 0.6 is 24.0 Å². The van der Waals surface area contributed by atoms with E-state index < -0.39 is 17.5 Å². The minimum Gasteiger partial charge on any atom is -0.383 e. The molecule has 0 bridgehead atoms. The number of carbonyl (C=O) groups is 3. The molecule has 0 aliphatic heterocycles. The third-order valence-corrected chi connectivity index (χ3v) is 4.67. The van der Waals surface area contributed by atoms with E-state index in [9.17, 15) is 14.4 Å². The van der Waals surface area contributed by atoms with Crippen LogP contribution in [0.3, 0.4) is 0 Å². The number of Topliss-reactive ketones (excluding diaryl/α,β-unsaturated/α-hetero) is 1. The number of nitrogens with zero attached hydrogens (tertiary/aromatic N) is 1. The lowest BCUT2D eigenvalue weighted by molar-refractivity contribution is 0.0944. The first-order valence-corrected chi connectivity index (χ1v) is 8.24. The molecule has 23 heavy (non-hydrogen) atoms. The van der Waals surface area contributed by atoms with E-state index in [1.165, 1.54) is 24.9 Å². The van der Waals surface area contributed by atoms with E-state index in [1.807, 2.05) is 0 Å². The summed E-state index contributed by atoms with van der Waals surface area (Å²) in [4.78, 5) is 37.3. The van der Waals surface area contributed by atoms with Crippen LogP contribution in [-0.4, -0.2) is 47.5 Å². The molecule has 0 fully saturated rings. The summed E-state index contributed by atoms with van der Waals surface area (Å²) in [6.45, 7) is 0. The SMILES string of the molecule is CNC(=O)c1noc2c1C(=O)C(SCCCC(=S)NC)=CC2=O. The summed E-state index contributed by atoms with van der Waals surface area (Å²) in [5.41, 5.74) is -0.228. The molecule has 0 spiro atoms. The third kappa shape index (κ3) is 3.67. The lowest BCUT2D eigenvalue weighted by Gasteiger charge is -2.10. The average molecular weight is 353 g/mol. The zero-order valence-electron chi connectivity index (χ0n) is 12.6. The first-order valence-electron chi connectivity index (χ1n) is 6.85. The van der Waals surface area contributed by atoms with E-state index in [1.54, 1.807) is 7.05 Å². The van der Waals surface area contributed by atoms with Gasteiger partial charge in [0.25, 0.3) is 5.91 Å². The zero-order chi connectivity index (χ0) is 17.0. The number of carbonyl (C=O) groups excluding carboxylic acids is 3. The van der Waals surface area contributed by atoms with E-state index in [0.29, 0.717) is 12.2 Å². The second-order valence-corrected chi connectivity index (χ2v) is 6.27. The van der Waals surface area contributed by atoms with Crippen molar-refractivity contribution in [2.24, 2.45) is 0 Å². The Hall–Kier alpha value is -2.00. The highest BCUT2D eigenvalue weighted by molar-refractivity contribution is 8.04. The molecule has 2 N–H and O–H groups in total. The van der Waals surface area contributed by atoms with Crippen LogP contribution in [0, 0.1) is 0 Å². The predicted molar refractivity (Wildman–Crippen MR) is 90.0 cm³/mol. The summed E-state index contributed by atoms with van der Waals surface area (Å²) in [5, 5.41) is 8.78. The maximum absolute atomic E-state index is 12.5. The first-order chi connectivity index (χ1) is 11.0. The van der Waals surface area contributed by atoms with Gasteiger partial charge in [-0.15, -0.1) is 11.8 Å². The summed E-state index contributed by atoms with van der Waals surface area (Å²) in [7, 11) is 3.17. The Bertz CT molecular complexity index is 709. The molecule has 2 rings (SSSR count). The van der Waals surface area contributed by atoms with Gasteiger partial charge in [-0.1, -0.05) is 17.4 Å². The van der Waals surface area contributed by atoms with Gasteiger partial charge in [-0.2, -0.15) is 0 Å². The fraction of sp³-hybridized carbons (Fsp3) is 0.357. The molecule has 1 heterocycles. The third-order valence-electron chi connectivity index (χ3n) is 3.16. The van der Waals surface area contributed by atoms with Crippen LogP contribution in [0.25, 0.3) is 0 Å². The van der Waals surface area contributed by atoms with Crippen LogP contribution < -0.4 is 10.6 Å². The molecule has 7 nitrogen and oxygen atoms in total. The monoisotopic (exact) mass is 353 g/mol. The molecule has 9 heteroatoms. The number of hydrogen-bond acceptors (Lipinski definition) is 7. The number of fused-ring (bicyclic) bond motifs is 1. The first kappa shape index (κ1) is 17.4. The molecule has 122 valence electrons. The van der Waals surface area contributed by atoms with Gasteiger partial charge in [-0.3, -0.25) is 14.4 Å². The van der Waals surface area contributed by atoms with Crippen LogP contribution in [0.15, 0.2) is 15.5 Å². The highest BCUT2D eigenvalue weighted by atomic mass is 32.2. The molecular formula is C14H15N3O4S2. The number of thioether (sulfide) groups is 1. The van der Waals surface area contributed by atoms with Gasteiger partial charge in [-0.05, 0) is 18.6 Å². The average Bonchev–Trinajstić information content (AvgIpc) is 3.00. The van der Waals surface area contributed by atoms with Crippen molar-refractivity contribution in [3.05, 3.63) is 28.0 Å².